The molecular formula is C8H12O2Si. The lowest BCUT2D eigenvalue weighted by Gasteiger charge is -2.01. The van der Waals surface area contributed by atoms with Crippen LogP contribution in [0.2, 0.25) is 19.6 Å². The summed E-state index contributed by atoms with van der Waals surface area (Å²) < 4.78 is 0. The van der Waals surface area contributed by atoms with Crippen LogP contribution in [0.25, 0.3) is 0 Å². The van der Waals surface area contributed by atoms with Gasteiger partial charge in [0.25, 0.3) is 0 Å². The number of aliphatic carboxylic acids is 1. The van der Waals surface area contributed by atoms with Crippen LogP contribution < -0.4 is 0 Å². The summed E-state index contributed by atoms with van der Waals surface area (Å²) in [4.78, 5) is 9.98. The van der Waals surface area contributed by atoms with Gasteiger partial charge in [-0.1, -0.05) is 25.6 Å². The van der Waals surface area contributed by atoms with Crippen LogP contribution in [0.3, 0.4) is 0 Å². The summed E-state index contributed by atoms with van der Waals surface area (Å²) in [7, 11) is -1.33. The van der Waals surface area contributed by atoms with Crippen LogP contribution in [0.4, 0.5) is 0 Å². The molecule has 0 atom stereocenters. The minimum Gasteiger partial charge on any atom is -0.478 e. The number of hydrogen-bond donors (Lipinski definition) is 1. The van der Waals surface area contributed by atoms with Gasteiger partial charge in [0.2, 0.25) is 0 Å². The molecule has 0 saturated heterocycles. The predicted octanol–water partition coefficient (Wildman–Crippen LogP) is 1.51. The number of allylic oxidation sites excluding steroid dienone is 1. The molecule has 60 valence electrons. The van der Waals surface area contributed by atoms with Gasteiger partial charge in [0.1, 0.15) is 8.07 Å². The first-order valence-electron chi connectivity index (χ1n) is 3.34. The number of carboxylic acid groups (broad SMARTS) is 1. The van der Waals surface area contributed by atoms with Crippen molar-refractivity contribution in [1.82, 2.24) is 0 Å². The fourth-order valence-corrected chi connectivity index (χ4v) is 0.887. The molecule has 0 saturated carbocycles. The van der Waals surface area contributed by atoms with Gasteiger partial charge in [-0.15, -0.1) is 5.54 Å². The normalized spacial score (nSPS) is 10.8. The van der Waals surface area contributed by atoms with E-state index in [2.05, 4.69) is 31.1 Å². The molecule has 0 rings (SSSR count). The fourth-order valence-electron chi connectivity index (χ4n) is 0.371. The molecule has 1 N–H and O–H groups in total. The zero-order valence-corrected chi connectivity index (χ0v) is 8.01. The number of carbonyl (C=O) groups is 1. The standard InChI is InChI=1S/C8H12O2Si/c1-11(2,3)7-5-4-6-8(9)10/h4,6H,1-3H3,(H,9,10)/b6-4+. The molecule has 0 bridgehead atoms. The summed E-state index contributed by atoms with van der Waals surface area (Å²) in [5.41, 5.74) is 3.02. The van der Waals surface area contributed by atoms with Crippen molar-refractivity contribution in [2.24, 2.45) is 0 Å². The van der Waals surface area contributed by atoms with Crippen LogP contribution in [-0.2, 0) is 4.79 Å². The molecule has 11 heavy (non-hydrogen) atoms. The largest absolute Gasteiger partial charge is 0.478 e. The molecule has 0 aliphatic carbocycles. The summed E-state index contributed by atoms with van der Waals surface area (Å²) in [5.74, 6) is 1.76. The van der Waals surface area contributed by atoms with E-state index >= 15 is 0 Å². The first-order chi connectivity index (χ1) is 4.92. The molecule has 0 aliphatic heterocycles. The van der Waals surface area contributed by atoms with E-state index in [0.717, 1.165) is 6.08 Å². The Morgan fingerprint density at radius 2 is 2.00 bits per heavy atom. The lowest BCUT2D eigenvalue weighted by atomic mass is 10.5. The summed E-state index contributed by atoms with van der Waals surface area (Å²) >= 11 is 0. The minimum atomic E-state index is -1.33. The lowest BCUT2D eigenvalue weighted by Crippen LogP contribution is -2.16. The first-order valence-corrected chi connectivity index (χ1v) is 6.84. The van der Waals surface area contributed by atoms with Crippen LogP contribution in [0, 0.1) is 11.5 Å². The van der Waals surface area contributed by atoms with Gasteiger partial charge >= 0.3 is 5.97 Å². The highest BCUT2D eigenvalue weighted by Crippen LogP contribution is 1.95. The highest BCUT2D eigenvalue weighted by Gasteiger charge is 2.06. The second-order valence-electron chi connectivity index (χ2n) is 3.19. The smallest absolute Gasteiger partial charge is 0.328 e. The topological polar surface area (TPSA) is 37.3 Å². The quantitative estimate of drug-likeness (QED) is 0.366. The maximum atomic E-state index is 9.98. The molecule has 0 aromatic carbocycles. The van der Waals surface area contributed by atoms with Gasteiger partial charge in [-0.05, 0) is 6.08 Å². The molecule has 2 nitrogen and oxygen atoms in total. The Kier molecular flexibility index (Phi) is 3.62. The van der Waals surface area contributed by atoms with Crippen molar-refractivity contribution in [3.63, 3.8) is 0 Å². The lowest BCUT2D eigenvalue weighted by molar-refractivity contribution is -0.131. The van der Waals surface area contributed by atoms with E-state index in [1.54, 1.807) is 0 Å². The van der Waals surface area contributed by atoms with Crippen molar-refractivity contribution in [3.05, 3.63) is 12.2 Å². The van der Waals surface area contributed by atoms with E-state index in [4.69, 9.17) is 5.11 Å². The zero-order chi connectivity index (χ0) is 8.91. The van der Waals surface area contributed by atoms with Crippen LogP contribution in [-0.4, -0.2) is 19.1 Å². The van der Waals surface area contributed by atoms with Crippen LogP contribution in [0.15, 0.2) is 12.2 Å². The Morgan fingerprint density at radius 3 is 2.36 bits per heavy atom. The Bertz CT molecular complexity index is 225. The van der Waals surface area contributed by atoms with Gasteiger partial charge in [0.05, 0.1) is 0 Å². The van der Waals surface area contributed by atoms with Crippen LogP contribution in [0.5, 0.6) is 0 Å². The third-order valence-electron chi connectivity index (χ3n) is 0.756. The van der Waals surface area contributed by atoms with Gasteiger partial charge in [-0.25, -0.2) is 4.79 Å². The predicted molar refractivity (Wildman–Crippen MR) is 47.9 cm³/mol. The molecule has 0 amide bonds. The highest BCUT2D eigenvalue weighted by molar-refractivity contribution is 6.83. The molecule has 0 spiro atoms. The first kappa shape index (κ1) is 9.99. The second kappa shape index (κ2) is 3.99. The minimum absolute atomic E-state index is 0.949. The Labute approximate surface area is 67.9 Å². The van der Waals surface area contributed by atoms with Crippen LogP contribution in [0.1, 0.15) is 0 Å². The van der Waals surface area contributed by atoms with Gasteiger partial charge in [-0.2, -0.15) is 0 Å². The molecule has 0 aromatic rings. The summed E-state index contributed by atoms with van der Waals surface area (Å²) in [5, 5.41) is 8.20. The molecule has 0 aromatic heterocycles. The van der Waals surface area contributed by atoms with Gasteiger partial charge in [-0.3, -0.25) is 0 Å². The van der Waals surface area contributed by atoms with Gasteiger partial charge in [0.15, 0.2) is 0 Å². The molecule has 0 aliphatic rings. The highest BCUT2D eigenvalue weighted by atomic mass is 28.3. The van der Waals surface area contributed by atoms with E-state index in [1.165, 1.54) is 6.08 Å². The molecule has 0 unspecified atom stereocenters. The van der Waals surface area contributed by atoms with Crippen molar-refractivity contribution >= 4 is 14.0 Å². The Hall–Kier alpha value is -1.01. The number of rotatable bonds is 1. The van der Waals surface area contributed by atoms with Crippen LogP contribution >= 0.6 is 0 Å². The second-order valence-corrected chi connectivity index (χ2v) is 7.94. The Balaban J connectivity index is 4.02. The summed E-state index contributed by atoms with van der Waals surface area (Å²) in [6, 6.07) is 0. The molecule has 0 heterocycles. The van der Waals surface area contributed by atoms with E-state index in [1.807, 2.05) is 0 Å². The zero-order valence-electron chi connectivity index (χ0n) is 7.01. The van der Waals surface area contributed by atoms with Crippen molar-refractivity contribution in [1.29, 1.82) is 0 Å². The molecule has 0 fully saturated rings. The third-order valence-corrected chi connectivity index (χ3v) is 1.65. The van der Waals surface area contributed by atoms with Crippen molar-refractivity contribution < 1.29 is 9.90 Å². The molecule has 0 radical (unpaired) electrons. The third kappa shape index (κ3) is 8.99. The summed E-state index contributed by atoms with van der Waals surface area (Å²) in [6.07, 6.45) is 2.42. The maximum absolute atomic E-state index is 9.98. The number of hydrogen-bond acceptors (Lipinski definition) is 1. The number of carboxylic acids is 1. The average Bonchev–Trinajstić information content (AvgIpc) is 1.78. The van der Waals surface area contributed by atoms with Gasteiger partial charge in [0, 0.05) is 6.08 Å². The molecular weight excluding hydrogens is 156 g/mol. The van der Waals surface area contributed by atoms with Crippen molar-refractivity contribution in [2.75, 3.05) is 0 Å². The van der Waals surface area contributed by atoms with E-state index < -0.39 is 14.0 Å². The Morgan fingerprint density at radius 1 is 1.45 bits per heavy atom. The average molecular weight is 168 g/mol. The van der Waals surface area contributed by atoms with E-state index in [9.17, 15) is 4.79 Å². The molecule has 3 heteroatoms. The maximum Gasteiger partial charge on any atom is 0.328 e. The van der Waals surface area contributed by atoms with Crippen molar-refractivity contribution in [2.45, 2.75) is 19.6 Å². The monoisotopic (exact) mass is 168 g/mol. The SMILES string of the molecule is C[Si](C)(C)C#C/C=C/C(=O)O. The fraction of sp³-hybridized carbons (Fsp3) is 0.375. The van der Waals surface area contributed by atoms with Crippen molar-refractivity contribution in [3.8, 4) is 11.5 Å². The summed E-state index contributed by atoms with van der Waals surface area (Å²) in [6.45, 7) is 6.32. The van der Waals surface area contributed by atoms with Gasteiger partial charge < -0.3 is 5.11 Å². The van der Waals surface area contributed by atoms with E-state index in [-0.39, 0.29) is 0 Å². The van der Waals surface area contributed by atoms with E-state index in [0.29, 0.717) is 0 Å².